The van der Waals surface area contributed by atoms with Crippen LogP contribution in [0.25, 0.3) is 22.3 Å². The monoisotopic (exact) mass is 424 g/mol. The number of aromatic hydroxyl groups is 1. The Morgan fingerprint density at radius 3 is 2.16 bits per heavy atom. The second-order valence-electron chi connectivity index (χ2n) is 9.21. The minimum atomic E-state index is -1.18. The number of benzene rings is 2. The van der Waals surface area contributed by atoms with E-state index in [1.165, 1.54) is 24.3 Å². The van der Waals surface area contributed by atoms with Crippen molar-refractivity contribution in [3.05, 3.63) is 57.7 Å². The zero-order valence-electron chi connectivity index (χ0n) is 19.0. The topological polar surface area (TPSA) is 86.0 Å². The third-order valence-electron chi connectivity index (χ3n) is 4.71. The maximum Gasteiger partial charge on any atom is 0.350 e. The second kappa shape index (κ2) is 7.76. The Bertz CT molecular complexity index is 1190. The molecular weight excluding hydrogens is 396 g/mol. The number of phenolic OH excluding ortho intramolecular Hbond substituents is 1. The molecule has 6 heteroatoms. The molecule has 2 aromatic carbocycles. The Kier molecular flexibility index (Phi) is 5.61. The number of fused-ring (bicyclic) bond motifs is 1. The third-order valence-corrected chi connectivity index (χ3v) is 4.71. The summed E-state index contributed by atoms with van der Waals surface area (Å²) >= 11 is 0. The van der Waals surface area contributed by atoms with E-state index in [-0.39, 0.29) is 11.2 Å². The molecule has 3 rings (SSSR count). The molecule has 1 N–H and O–H groups in total. The summed E-state index contributed by atoms with van der Waals surface area (Å²) in [5.41, 5.74) is 0.572. The minimum Gasteiger partial charge on any atom is -0.508 e. The third kappa shape index (κ3) is 4.90. The lowest BCUT2D eigenvalue weighted by Gasteiger charge is -2.30. The lowest BCUT2D eigenvalue weighted by Crippen LogP contribution is -2.43. The first kappa shape index (κ1) is 22.4. The maximum absolute atomic E-state index is 12.6. The average molecular weight is 424 g/mol. The van der Waals surface area contributed by atoms with Gasteiger partial charge in [0.05, 0.1) is 5.39 Å². The quantitative estimate of drug-likeness (QED) is 0.574. The van der Waals surface area contributed by atoms with E-state index in [1.807, 2.05) is 46.8 Å². The van der Waals surface area contributed by atoms with Crippen LogP contribution in [0.1, 0.15) is 45.7 Å². The molecule has 0 atom stereocenters. The second-order valence-corrected chi connectivity index (χ2v) is 9.21. The van der Waals surface area contributed by atoms with E-state index in [0.717, 1.165) is 11.1 Å². The molecule has 0 amide bonds. The Morgan fingerprint density at radius 1 is 0.968 bits per heavy atom. The summed E-state index contributed by atoms with van der Waals surface area (Å²) in [4.78, 5) is 25.0. The maximum atomic E-state index is 12.6. The van der Waals surface area contributed by atoms with Gasteiger partial charge in [0, 0.05) is 17.7 Å². The first-order valence-electron chi connectivity index (χ1n) is 10.1. The summed E-state index contributed by atoms with van der Waals surface area (Å²) in [6.45, 7) is 12.5. The molecule has 1 heterocycles. The van der Waals surface area contributed by atoms with E-state index >= 15 is 0 Å². The Balaban J connectivity index is 1.98. The fourth-order valence-corrected chi connectivity index (χ4v) is 3.24. The number of rotatable bonds is 4. The summed E-state index contributed by atoms with van der Waals surface area (Å²) in [6, 6.07) is 9.50. The molecule has 0 aliphatic heterocycles. The number of hydrogen-bond acceptors (Lipinski definition) is 6. The van der Waals surface area contributed by atoms with Gasteiger partial charge in [0.15, 0.2) is 11.0 Å². The van der Waals surface area contributed by atoms with Crippen LogP contribution >= 0.6 is 0 Å². The van der Waals surface area contributed by atoms with Crippen molar-refractivity contribution in [3.8, 4) is 22.8 Å². The van der Waals surface area contributed by atoms with Crippen LogP contribution in [0.3, 0.4) is 0 Å². The van der Waals surface area contributed by atoms with E-state index in [4.69, 9.17) is 13.9 Å². The van der Waals surface area contributed by atoms with Gasteiger partial charge in [-0.2, -0.15) is 0 Å². The van der Waals surface area contributed by atoms with Gasteiger partial charge in [-0.1, -0.05) is 0 Å². The molecule has 0 aliphatic carbocycles. The van der Waals surface area contributed by atoms with E-state index in [0.29, 0.717) is 28.0 Å². The van der Waals surface area contributed by atoms with Crippen LogP contribution in [0.4, 0.5) is 0 Å². The number of hydrogen-bond donors (Lipinski definition) is 1. The molecule has 164 valence electrons. The molecule has 0 unspecified atom stereocenters. The van der Waals surface area contributed by atoms with Crippen molar-refractivity contribution in [3.63, 3.8) is 0 Å². The molecule has 6 nitrogen and oxygen atoms in total. The van der Waals surface area contributed by atoms with Crippen molar-refractivity contribution in [1.82, 2.24) is 0 Å². The first-order valence-corrected chi connectivity index (χ1v) is 10.1. The molecular formula is C25H28O6. The fraction of sp³-hybridized carbons (Fsp3) is 0.360. The zero-order valence-corrected chi connectivity index (χ0v) is 19.0. The van der Waals surface area contributed by atoms with Gasteiger partial charge in [-0.25, -0.2) is 4.79 Å². The Hall–Kier alpha value is -3.28. The van der Waals surface area contributed by atoms with Crippen molar-refractivity contribution in [2.75, 3.05) is 0 Å². The van der Waals surface area contributed by atoms with E-state index in [1.54, 1.807) is 13.8 Å². The van der Waals surface area contributed by atoms with Crippen LogP contribution in [0.5, 0.6) is 11.5 Å². The highest BCUT2D eigenvalue weighted by Crippen LogP contribution is 2.34. The SMILES string of the molecule is Cc1cc(-c2cc(=O)c3ccc(O)cc3o2)cc(C)c1OC(C)(C)C(=O)OC(C)(C)C. The standard InChI is InChI=1S/C25H28O6/c1-14-10-16(20-13-19(27)18-9-8-17(26)12-21(18)29-20)11-15(2)22(14)30-25(6,7)23(28)31-24(3,4)5/h8-13,26H,1-7H3. The molecule has 0 spiro atoms. The molecule has 0 bridgehead atoms. The van der Waals surface area contributed by atoms with Crippen LogP contribution < -0.4 is 10.2 Å². The fourth-order valence-electron chi connectivity index (χ4n) is 3.24. The van der Waals surface area contributed by atoms with E-state index in [2.05, 4.69) is 0 Å². The predicted molar refractivity (Wildman–Crippen MR) is 120 cm³/mol. The van der Waals surface area contributed by atoms with Gasteiger partial charge in [0.1, 0.15) is 28.4 Å². The summed E-state index contributed by atoms with van der Waals surface area (Å²) in [5.74, 6) is 0.518. The zero-order chi connectivity index (χ0) is 23.1. The van der Waals surface area contributed by atoms with Gasteiger partial charge >= 0.3 is 5.97 Å². The van der Waals surface area contributed by atoms with Crippen LogP contribution in [-0.4, -0.2) is 22.3 Å². The van der Waals surface area contributed by atoms with E-state index in [9.17, 15) is 14.7 Å². The Labute approximate surface area is 181 Å². The molecule has 0 saturated carbocycles. The molecule has 0 saturated heterocycles. The highest BCUT2D eigenvalue weighted by molar-refractivity contribution is 5.81. The van der Waals surface area contributed by atoms with Crippen LogP contribution in [0.2, 0.25) is 0 Å². The smallest absolute Gasteiger partial charge is 0.350 e. The predicted octanol–water partition coefficient (Wildman–Crippen LogP) is 5.28. The number of aryl methyl sites for hydroxylation is 2. The van der Waals surface area contributed by atoms with Crippen LogP contribution in [0, 0.1) is 13.8 Å². The van der Waals surface area contributed by atoms with Gasteiger partial charge in [0.25, 0.3) is 0 Å². The van der Waals surface area contributed by atoms with Crippen LogP contribution in [0.15, 0.2) is 45.6 Å². The summed E-state index contributed by atoms with van der Waals surface area (Å²) in [7, 11) is 0. The van der Waals surface area contributed by atoms with Gasteiger partial charge in [-0.3, -0.25) is 4.79 Å². The van der Waals surface area contributed by atoms with Crippen molar-refractivity contribution in [1.29, 1.82) is 0 Å². The molecule has 0 radical (unpaired) electrons. The van der Waals surface area contributed by atoms with Gasteiger partial charge in [-0.15, -0.1) is 0 Å². The van der Waals surface area contributed by atoms with Crippen molar-refractivity contribution < 1.29 is 23.8 Å². The normalized spacial score (nSPS) is 12.1. The van der Waals surface area contributed by atoms with Crippen molar-refractivity contribution >= 4 is 16.9 Å². The largest absolute Gasteiger partial charge is 0.508 e. The molecule has 31 heavy (non-hydrogen) atoms. The highest BCUT2D eigenvalue weighted by atomic mass is 16.6. The lowest BCUT2D eigenvalue weighted by atomic mass is 10.0. The summed E-state index contributed by atoms with van der Waals surface area (Å²) in [5, 5.41) is 10.1. The molecule has 1 aromatic heterocycles. The summed E-state index contributed by atoms with van der Waals surface area (Å²) in [6.07, 6.45) is 0. The number of ether oxygens (including phenoxy) is 2. The minimum absolute atomic E-state index is 0.0216. The molecule has 0 fully saturated rings. The van der Waals surface area contributed by atoms with E-state index < -0.39 is 17.2 Å². The van der Waals surface area contributed by atoms with Gasteiger partial charge in [0.2, 0.25) is 0 Å². The lowest BCUT2D eigenvalue weighted by molar-refractivity contribution is -0.171. The first-order chi connectivity index (χ1) is 14.3. The number of esters is 1. The Morgan fingerprint density at radius 2 is 1.58 bits per heavy atom. The number of phenols is 1. The summed E-state index contributed by atoms with van der Waals surface area (Å²) < 4.78 is 17.4. The highest BCUT2D eigenvalue weighted by Gasteiger charge is 2.35. The van der Waals surface area contributed by atoms with Crippen LogP contribution in [-0.2, 0) is 9.53 Å². The van der Waals surface area contributed by atoms with Gasteiger partial charge < -0.3 is 19.0 Å². The number of carbonyl (C=O) groups excluding carboxylic acids is 1. The average Bonchev–Trinajstić information content (AvgIpc) is 2.62. The molecule has 3 aromatic rings. The van der Waals surface area contributed by atoms with Crippen molar-refractivity contribution in [2.24, 2.45) is 0 Å². The van der Waals surface area contributed by atoms with Crippen molar-refractivity contribution in [2.45, 2.75) is 59.7 Å². The van der Waals surface area contributed by atoms with Gasteiger partial charge in [-0.05, 0) is 83.9 Å². The molecule has 0 aliphatic rings. The number of carbonyl (C=O) groups is 1.